The summed E-state index contributed by atoms with van der Waals surface area (Å²) in [7, 11) is 1.60. The number of carbonyl (C=O) groups is 1. The lowest BCUT2D eigenvalue weighted by Gasteiger charge is -2.07. The predicted octanol–water partition coefficient (Wildman–Crippen LogP) is 2.50. The number of hydrogen-bond donors (Lipinski definition) is 2. The summed E-state index contributed by atoms with van der Waals surface area (Å²) in [5.41, 5.74) is 7.87. The van der Waals surface area contributed by atoms with E-state index in [1.807, 2.05) is 42.5 Å². The van der Waals surface area contributed by atoms with E-state index in [0.29, 0.717) is 11.6 Å². The van der Waals surface area contributed by atoms with Gasteiger partial charge < -0.3 is 15.8 Å². The van der Waals surface area contributed by atoms with Crippen LogP contribution in [0.1, 0.15) is 21.6 Å². The predicted molar refractivity (Wildman–Crippen MR) is 99.2 cm³/mol. The van der Waals surface area contributed by atoms with Gasteiger partial charge in [-0.3, -0.25) is 4.79 Å². The van der Waals surface area contributed by atoms with Crippen molar-refractivity contribution in [3.05, 3.63) is 70.4 Å². The molecule has 8 heteroatoms. The lowest BCUT2D eigenvalue weighted by molar-refractivity contribution is 0.0947. The number of methoxy groups -OCH3 is 1. The fraction of sp³-hybridized carbons (Fsp3) is 0.167. The van der Waals surface area contributed by atoms with E-state index in [2.05, 4.69) is 15.6 Å². The zero-order valence-electron chi connectivity index (χ0n) is 14.1. The molecular weight excluding hydrogens is 354 g/mol. The lowest BCUT2D eigenvalue weighted by Crippen LogP contribution is -2.24. The Morgan fingerprint density at radius 3 is 2.85 bits per heavy atom. The van der Waals surface area contributed by atoms with Crippen LogP contribution in [0.15, 0.2) is 48.5 Å². The Labute approximate surface area is 155 Å². The molecule has 26 heavy (non-hydrogen) atoms. The largest absolute Gasteiger partial charge is 0.497 e. The Bertz CT molecular complexity index is 925. The van der Waals surface area contributed by atoms with E-state index in [1.54, 1.807) is 13.2 Å². The third-order valence-corrected chi connectivity index (χ3v) is 4.22. The number of carbonyl (C=O) groups excluding carboxylic acids is 1. The summed E-state index contributed by atoms with van der Waals surface area (Å²) in [6, 6.07) is 14.8. The van der Waals surface area contributed by atoms with Crippen LogP contribution in [0.3, 0.4) is 0 Å². The molecule has 0 aliphatic carbocycles. The molecule has 0 unspecified atom stereocenters. The normalized spacial score (nSPS) is 10.5. The number of nitrogens with two attached hydrogens (primary N) is 1. The van der Waals surface area contributed by atoms with E-state index in [0.717, 1.165) is 16.9 Å². The Kier molecular flexibility index (Phi) is 5.38. The molecule has 0 aliphatic rings. The highest BCUT2D eigenvalue weighted by Crippen LogP contribution is 2.17. The van der Waals surface area contributed by atoms with Crippen molar-refractivity contribution in [3.8, 4) is 5.75 Å². The number of halogens is 1. The van der Waals surface area contributed by atoms with Crippen molar-refractivity contribution in [2.75, 3.05) is 12.8 Å². The maximum atomic E-state index is 12.3. The fourth-order valence-corrected chi connectivity index (χ4v) is 2.65. The number of benzene rings is 2. The number of nitrogen functional groups attached to an aromatic ring is 1. The van der Waals surface area contributed by atoms with Gasteiger partial charge in [-0.25, -0.2) is 4.68 Å². The summed E-state index contributed by atoms with van der Waals surface area (Å²) in [6.07, 6.45) is 0. The zero-order chi connectivity index (χ0) is 18.5. The third kappa shape index (κ3) is 3.94. The number of rotatable bonds is 6. The second kappa shape index (κ2) is 7.88. The van der Waals surface area contributed by atoms with Crippen molar-refractivity contribution in [3.63, 3.8) is 0 Å². The molecule has 134 valence electrons. The number of ether oxygens (including phenoxy) is 1. The molecule has 2 aromatic carbocycles. The molecule has 3 rings (SSSR count). The quantitative estimate of drug-likeness (QED) is 0.694. The number of amides is 1. The van der Waals surface area contributed by atoms with Gasteiger partial charge in [0, 0.05) is 11.6 Å². The monoisotopic (exact) mass is 371 g/mol. The molecule has 0 saturated heterocycles. The number of hydrogen-bond acceptors (Lipinski definition) is 5. The summed E-state index contributed by atoms with van der Waals surface area (Å²) < 4.78 is 6.67. The summed E-state index contributed by atoms with van der Waals surface area (Å²) in [4.78, 5) is 12.3. The topological polar surface area (TPSA) is 95.1 Å². The first kappa shape index (κ1) is 17.8. The van der Waals surface area contributed by atoms with E-state index >= 15 is 0 Å². The van der Waals surface area contributed by atoms with Crippen molar-refractivity contribution in [1.29, 1.82) is 0 Å². The standard InChI is InChI=1S/C18H18ClN5O2/c1-26-14-7-4-5-12(9-14)11-24-17(20)16(22-23-24)18(25)21-10-13-6-2-3-8-15(13)19/h2-9H,10-11,20H2,1H3,(H,21,25). The highest BCUT2D eigenvalue weighted by molar-refractivity contribution is 6.31. The van der Waals surface area contributed by atoms with Gasteiger partial charge in [-0.05, 0) is 29.3 Å². The van der Waals surface area contributed by atoms with Crippen molar-refractivity contribution >= 4 is 23.3 Å². The summed E-state index contributed by atoms with van der Waals surface area (Å²) in [5.74, 6) is 0.530. The van der Waals surface area contributed by atoms with Crippen LogP contribution in [0.2, 0.25) is 5.02 Å². The average molecular weight is 372 g/mol. The Morgan fingerprint density at radius 2 is 2.08 bits per heavy atom. The highest BCUT2D eigenvalue weighted by atomic mass is 35.5. The summed E-state index contributed by atoms with van der Waals surface area (Å²) >= 11 is 6.09. The molecule has 0 fully saturated rings. The van der Waals surface area contributed by atoms with E-state index in [1.165, 1.54) is 4.68 Å². The maximum absolute atomic E-state index is 12.3. The van der Waals surface area contributed by atoms with Gasteiger partial charge in [0.15, 0.2) is 11.5 Å². The third-order valence-electron chi connectivity index (χ3n) is 3.85. The Morgan fingerprint density at radius 1 is 1.27 bits per heavy atom. The minimum absolute atomic E-state index is 0.0833. The Balaban J connectivity index is 1.69. The van der Waals surface area contributed by atoms with Crippen molar-refractivity contribution in [2.24, 2.45) is 0 Å². The first-order chi connectivity index (χ1) is 12.6. The van der Waals surface area contributed by atoms with E-state index in [4.69, 9.17) is 22.1 Å². The first-order valence-corrected chi connectivity index (χ1v) is 8.29. The molecule has 3 N–H and O–H groups in total. The smallest absolute Gasteiger partial charge is 0.275 e. The van der Waals surface area contributed by atoms with Crippen LogP contribution in [-0.2, 0) is 13.1 Å². The minimum atomic E-state index is -0.403. The van der Waals surface area contributed by atoms with Gasteiger partial charge in [0.2, 0.25) is 0 Å². The van der Waals surface area contributed by atoms with Crippen LogP contribution >= 0.6 is 11.6 Å². The lowest BCUT2D eigenvalue weighted by atomic mass is 10.2. The molecule has 1 amide bonds. The second-order valence-corrected chi connectivity index (χ2v) is 6.01. The molecule has 1 aromatic heterocycles. The molecule has 0 aliphatic heterocycles. The minimum Gasteiger partial charge on any atom is -0.497 e. The molecule has 0 radical (unpaired) electrons. The van der Waals surface area contributed by atoms with E-state index in [-0.39, 0.29) is 18.1 Å². The summed E-state index contributed by atoms with van der Waals surface area (Å²) in [5, 5.41) is 11.2. The number of aromatic nitrogens is 3. The molecule has 3 aromatic rings. The number of nitrogens with zero attached hydrogens (tertiary/aromatic N) is 3. The zero-order valence-corrected chi connectivity index (χ0v) is 14.9. The SMILES string of the molecule is COc1cccc(Cn2nnc(C(=O)NCc3ccccc3Cl)c2N)c1. The van der Waals surface area contributed by atoms with E-state index in [9.17, 15) is 4.79 Å². The number of nitrogens with one attached hydrogen (secondary N) is 1. The van der Waals surface area contributed by atoms with Crippen molar-refractivity contribution in [2.45, 2.75) is 13.1 Å². The van der Waals surface area contributed by atoms with Crippen molar-refractivity contribution < 1.29 is 9.53 Å². The van der Waals surface area contributed by atoms with Gasteiger partial charge in [0.25, 0.3) is 5.91 Å². The molecule has 1 heterocycles. The maximum Gasteiger partial charge on any atom is 0.275 e. The van der Waals surface area contributed by atoms with Gasteiger partial charge in [-0.1, -0.05) is 47.1 Å². The van der Waals surface area contributed by atoms with Crippen LogP contribution < -0.4 is 15.8 Å². The second-order valence-electron chi connectivity index (χ2n) is 5.61. The first-order valence-electron chi connectivity index (χ1n) is 7.92. The van der Waals surface area contributed by atoms with Gasteiger partial charge in [0.1, 0.15) is 5.75 Å². The van der Waals surface area contributed by atoms with Crippen LogP contribution in [0.5, 0.6) is 5.75 Å². The van der Waals surface area contributed by atoms with E-state index < -0.39 is 5.91 Å². The average Bonchev–Trinajstić information content (AvgIpc) is 3.01. The van der Waals surface area contributed by atoms with Crippen LogP contribution in [0.25, 0.3) is 0 Å². The molecular formula is C18H18ClN5O2. The Hall–Kier alpha value is -3.06. The molecule has 0 spiro atoms. The van der Waals surface area contributed by atoms with Gasteiger partial charge >= 0.3 is 0 Å². The highest BCUT2D eigenvalue weighted by Gasteiger charge is 2.17. The summed E-state index contributed by atoms with van der Waals surface area (Å²) in [6.45, 7) is 0.661. The van der Waals surface area contributed by atoms with Gasteiger partial charge in [0.05, 0.1) is 13.7 Å². The molecule has 0 saturated carbocycles. The van der Waals surface area contributed by atoms with Crippen molar-refractivity contribution in [1.82, 2.24) is 20.3 Å². The van der Waals surface area contributed by atoms with Crippen LogP contribution in [-0.4, -0.2) is 28.0 Å². The fourth-order valence-electron chi connectivity index (χ4n) is 2.44. The molecule has 0 atom stereocenters. The number of anilines is 1. The van der Waals surface area contributed by atoms with Gasteiger partial charge in [-0.2, -0.15) is 0 Å². The van der Waals surface area contributed by atoms with Crippen LogP contribution in [0.4, 0.5) is 5.82 Å². The van der Waals surface area contributed by atoms with Crippen LogP contribution in [0, 0.1) is 0 Å². The molecule has 0 bridgehead atoms. The van der Waals surface area contributed by atoms with Gasteiger partial charge in [-0.15, -0.1) is 5.10 Å². The molecule has 7 nitrogen and oxygen atoms in total.